The predicted molar refractivity (Wildman–Crippen MR) is 64.1 cm³/mol. The molecule has 1 N–H and O–H groups in total. The van der Waals surface area contributed by atoms with Crippen LogP contribution in [0.5, 0.6) is 0 Å². The lowest BCUT2D eigenvalue weighted by molar-refractivity contribution is 0.373. The summed E-state index contributed by atoms with van der Waals surface area (Å²) in [6.45, 7) is 0.559. The van der Waals surface area contributed by atoms with Crippen molar-refractivity contribution < 1.29 is 4.39 Å². The fraction of sp³-hybridized carbons (Fsp3) is 0.615. The SMILES string of the molecule is FCc1cncc(NCC2CCCCC2)c1. The van der Waals surface area contributed by atoms with Gasteiger partial charge >= 0.3 is 0 Å². The molecule has 1 fully saturated rings. The summed E-state index contributed by atoms with van der Waals surface area (Å²) in [7, 11) is 0. The van der Waals surface area contributed by atoms with Crippen LogP contribution in [0.3, 0.4) is 0 Å². The van der Waals surface area contributed by atoms with Crippen LogP contribution in [0.25, 0.3) is 0 Å². The lowest BCUT2D eigenvalue weighted by Gasteiger charge is -2.22. The molecule has 0 radical (unpaired) electrons. The van der Waals surface area contributed by atoms with Crippen LogP contribution in [0.1, 0.15) is 37.7 Å². The lowest BCUT2D eigenvalue weighted by Crippen LogP contribution is -2.17. The Labute approximate surface area is 96.3 Å². The van der Waals surface area contributed by atoms with E-state index in [-0.39, 0.29) is 0 Å². The van der Waals surface area contributed by atoms with Crippen LogP contribution in [-0.4, -0.2) is 11.5 Å². The number of hydrogen-bond acceptors (Lipinski definition) is 2. The van der Waals surface area contributed by atoms with Crippen LogP contribution >= 0.6 is 0 Å². The van der Waals surface area contributed by atoms with Gasteiger partial charge in [-0.05, 0) is 24.8 Å². The van der Waals surface area contributed by atoms with E-state index < -0.39 is 6.67 Å². The smallest absolute Gasteiger partial charge is 0.116 e. The normalized spacial score (nSPS) is 17.3. The Kier molecular flexibility index (Phi) is 4.14. The molecule has 88 valence electrons. The highest BCUT2D eigenvalue weighted by Gasteiger charge is 2.12. The minimum absolute atomic E-state index is 0.439. The van der Waals surface area contributed by atoms with Gasteiger partial charge in [-0.25, -0.2) is 4.39 Å². The van der Waals surface area contributed by atoms with Gasteiger partial charge in [-0.2, -0.15) is 0 Å². The predicted octanol–water partition coefficient (Wildman–Crippen LogP) is 3.54. The molecule has 0 aliphatic heterocycles. The van der Waals surface area contributed by atoms with E-state index in [2.05, 4.69) is 10.3 Å². The van der Waals surface area contributed by atoms with Crippen molar-refractivity contribution in [2.45, 2.75) is 38.8 Å². The number of anilines is 1. The van der Waals surface area contributed by atoms with Crippen LogP contribution < -0.4 is 5.32 Å². The summed E-state index contributed by atoms with van der Waals surface area (Å²) in [6.07, 6.45) is 10.1. The molecular formula is C13H19FN2. The number of nitrogens with one attached hydrogen (secondary N) is 1. The van der Waals surface area contributed by atoms with Crippen molar-refractivity contribution in [2.75, 3.05) is 11.9 Å². The van der Waals surface area contributed by atoms with Crippen LogP contribution in [0, 0.1) is 5.92 Å². The standard InChI is InChI=1S/C13H19FN2/c14-7-12-6-13(10-15-8-12)16-9-11-4-2-1-3-5-11/h6,8,10-11,16H,1-5,7,9H2. The number of alkyl halides is 1. The largest absolute Gasteiger partial charge is 0.384 e. The second-order valence-electron chi connectivity index (χ2n) is 4.60. The van der Waals surface area contributed by atoms with E-state index in [1.54, 1.807) is 12.4 Å². The highest BCUT2D eigenvalue weighted by molar-refractivity contribution is 5.42. The van der Waals surface area contributed by atoms with Gasteiger partial charge in [-0.3, -0.25) is 4.98 Å². The molecule has 16 heavy (non-hydrogen) atoms. The van der Waals surface area contributed by atoms with Crippen LogP contribution in [0.4, 0.5) is 10.1 Å². The number of rotatable bonds is 4. The first-order valence-corrected chi connectivity index (χ1v) is 6.12. The fourth-order valence-electron chi connectivity index (χ4n) is 2.31. The van der Waals surface area contributed by atoms with Gasteiger partial charge in [0.1, 0.15) is 6.67 Å². The van der Waals surface area contributed by atoms with E-state index in [9.17, 15) is 4.39 Å². The van der Waals surface area contributed by atoms with Crippen molar-refractivity contribution in [3.63, 3.8) is 0 Å². The van der Waals surface area contributed by atoms with E-state index in [0.717, 1.165) is 18.2 Å². The fourth-order valence-corrected chi connectivity index (χ4v) is 2.31. The molecule has 0 bridgehead atoms. The average molecular weight is 222 g/mol. The molecule has 1 aliphatic carbocycles. The van der Waals surface area contributed by atoms with Crippen molar-refractivity contribution in [1.29, 1.82) is 0 Å². The van der Waals surface area contributed by atoms with Gasteiger partial charge in [0.05, 0.1) is 5.69 Å². The van der Waals surface area contributed by atoms with E-state index in [1.807, 2.05) is 6.07 Å². The maximum absolute atomic E-state index is 12.4. The Bertz CT molecular complexity index is 321. The van der Waals surface area contributed by atoms with Gasteiger partial charge in [-0.15, -0.1) is 0 Å². The van der Waals surface area contributed by atoms with Gasteiger partial charge in [-0.1, -0.05) is 19.3 Å². The third kappa shape index (κ3) is 3.19. The zero-order valence-electron chi connectivity index (χ0n) is 9.58. The Morgan fingerprint density at radius 1 is 1.25 bits per heavy atom. The molecule has 1 aromatic rings. The maximum atomic E-state index is 12.4. The van der Waals surface area contributed by atoms with Crippen molar-refractivity contribution in [2.24, 2.45) is 5.92 Å². The molecule has 0 unspecified atom stereocenters. The summed E-state index contributed by atoms with van der Waals surface area (Å²) in [5, 5.41) is 3.36. The van der Waals surface area contributed by atoms with Crippen molar-refractivity contribution in [3.05, 3.63) is 24.0 Å². The topological polar surface area (TPSA) is 24.9 Å². The molecule has 0 aromatic carbocycles. The second-order valence-corrected chi connectivity index (χ2v) is 4.60. The number of hydrogen-bond donors (Lipinski definition) is 1. The van der Waals surface area contributed by atoms with Crippen LogP contribution in [-0.2, 0) is 6.67 Å². The van der Waals surface area contributed by atoms with E-state index in [0.29, 0.717) is 5.56 Å². The summed E-state index contributed by atoms with van der Waals surface area (Å²) >= 11 is 0. The first-order valence-electron chi connectivity index (χ1n) is 6.12. The molecule has 2 rings (SSSR count). The first kappa shape index (κ1) is 11.4. The third-order valence-corrected chi connectivity index (χ3v) is 3.27. The highest BCUT2D eigenvalue weighted by atomic mass is 19.1. The van der Waals surface area contributed by atoms with E-state index >= 15 is 0 Å². The van der Waals surface area contributed by atoms with Gasteiger partial charge < -0.3 is 5.32 Å². The van der Waals surface area contributed by atoms with Gasteiger partial charge in [0.2, 0.25) is 0 Å². The Morgan fingerprint density at radius 3 is 2.81 bits per heavy atom. The summed E-state index contributed by atoms with van der Waals surface area (Å²) in [5.41, 5.74) is 1.59. The Hall–Kier alpha value is -1.12. The van der Waals surface area contributed by atoms with Crippen molar-refractivity contribution in [3.8, 4) is 0 Å². The Balaban J connectivity index is 1.83. The third-order valence-electron chi connectivity index (χ3n) is 3.27. The van der Waals surface area contributed by atoms with Crippen LogP contribution in [0.2, 0.25) is 0 Å². The molecule has 1 aromatic heterocycles. The number of aromatic nitrogens is 1. The van der Waals surface area contributed by atoms with Gasteiger partial charge in [0, 0.05) is 24.5 Å². The average Bonchev–Trinajstić information content (AvgIpc) is 2.38. The molecule has 0 spiro atoms. The molecule has 1 heterocycles. The quantitative estimate of drug-likeness (QED) is 0.842. The summed E-state index contributed by atoms with van der Waals surface area (Å²) in [6, 6.07) is 1.84. The molecule has 0 atom stereocenters. The van der Waals surface area contributed by atoms with Crippen molar-refractivity contribution >= 4 is 5.69 Å². The molecule has 0 amide bonds. The highest BCUT2D eigenvalue weighted by Crippen LogP contribution is 2.24. The molecule has 1 saturated carbocycles. The molecule has 2 nitrogen and oxygen atoms in total. The summed E-state index contributed by atoms with van der Waals surface area (Å²) < 4.78 is 12.4. The lowest BCUT2D eigenvalue weighted by atomic mass is 9.89. The minimum Gasteiger partial charge on any atom is -0.384 e. The first-order chi connectivity index (χ1) is 7.88. The maximum Gasteiger partial charge on any atom is 0.116 e. The Morgan fingerprint density at radius 2 is 2.06 bits per heavy atom. The molecular weight excluding hydrogens is 203 g/mol. The zero-order chi connectivity index (χ0) is 11.2. The number of nitrogens with zero attached hydrogens (tertiary/aromatic N) is 1. The molecule has 0 saturated heterocycles. The number of halogens is 1. The van der Waals surface area contributed by atoms with Crippen molar-refractivity contribution in [1.82, 2.24) is 4.98 Å². The van der Waals surface area contributed by atoms with Gasteiger partial charge in [0.15, 0.2) is 0 Å². The molecule has 3 heteroatoms. The number of pyridine rings is 1. The van der Waals surface area contributed by atoms with Gasteiger partial charge in [0.25, 0.3) is 0 Å². The molecule has 1 aliphatic rings. The van der Waals surface area contributed by atoms with E-state index in [4.69, 9.17) is 0 Å². The van der Waals surface area contributed by atoms with E-state index in [1.165, 1.54) is 32.1 Å². The zero-order valence-corrected chi connectivity index (χ0v) is 9.58. The second kappa shape index (κ2) is 5.83. The monoisotopic (exact) mass is 222 g/mol. The summed E-state index contributed by atoms with van der Waals surface area (Å²) in [5.74, 6) is 0.780. The summed E-state index contributed by atoms with van der Waals surface area (Å²) in [4.78, 5) is 4.02. The van der Waals surface area contributed by atoms with Crippen LogP contribution in [0.15, 0.2) is 18.5 Å². The minimum atomic E-state index is -0.439.